The van der Waals surface area contributed by atoms with Crippen molar-refractivity contribution < 1.29 is 37.1 Å². The first kappa shape index (κ1) is 21.0. The monoisotopic (exact) mass is 424 g/mol. The molecular weight excluding hydrogens is 409 g/mol. The molecule has 1 atom stereocenters. The van der Waals surface area contributed by atoms with Gasteiger partial charge < -0.3 is 24.8 Å². The number of benzene rings is 1. The first-order valence-corrected chi connectivity index (χ1v) is 8.45. The second-order valence-electron chi connectivity index (χ2n) is 5.97. The van der Waals surface area contributed by atoms with Crippen molar-refractivity contribution in [2.75, 3.05) is 6.61 Å². The van der Waals surface area contributed by atoms with Crippen molar-refractivity contribution in [2.45, 2.75) is 18.7 Å². The summed E-state index contributed by atoms with van der Waals surface area (Å²) in [5, 5.41) is 13.0. The van der Waals surface area contributed by atoms with E-state index < -0.39 is 30.5 Å². The molecule has 0 aliphatic heterocycles. The van der Waals surface area contributed by atoms with Gasteiger partial charge in [-0.2, -0.15) is 18.2 Å². The van der Waals surface area contributed by atoms with E-state index in [2.05, 4.69) is 15.1 Å². The molecule has 158 valence electrons. The summed E-state index contributed by atoms with van der Waals surface area (Å²) >= 11 is 0. The van der Waals surface area contributed by atoms with Crippen molar-refractivity contribution in [1.82, 2.24) is 15.1 Å². The van der Waals surface area contributed by atoms with E-state index in [1.165, 1.54) is 0 Å². The summed E-state index contributed by atoms with van der Waals surface area (Å²) in [7, 11) is 0. The van der Waals surface area contributed by atoms with Crippen LogP contribution in [-0.2, 0) is 17.3 Å². The molecule has 0 aliphatic carbocycles. The number of nitrogens with zero attached hydrogens (tertiary/aromatic N) is 3. The Morgan fingerprint density at radius 2 is 1.93 bits per heavy atom. The summed E-state index contributed by atoms with van der Waals surface area (Å²) in [6.07, 6.45) is -5.76. The lowest BCUT2D eigenvalue weighted by Crippen LogP contribution is -2.27. The number of amides is 1. The molecule has 0 fully saturated rings. The highest BCUT2D eigenvalue weighted by atomic mass is 19.4. The molecule has 0 saturated heterocycles. The number of ether oxygens (including phenoxy) is 2. The van der Waals surface area contributed by atoms with E-state index in [0.717, 1.165) is 12.1 Å². The molecule has 3 aromatic rings. The highest BCUT2D eigenvalue weighted by molar-refractivity contribution is 5.64. The summed E-state index contributed by atoms with van der Waals surface area (Å²) in [6.45, 7) is -0.468. The second kappa shape index (κ2) is 8.78. The quantitative estimate of drug-likeness (QED) is 0.591. The van der Waals surface area contributed by atoms with Crippen LogP contribution in [-0.4, -0.2) is 39.0 Å². The SMILES string of the molecule is NC(=O)OC(CO)Cc1nc(-c2ccc(Oc3ccc(C(F)(F)F)cn3)cc2)no1. The predicted octanol–water partition coefficient (Wildman–Crippen LogP) is 2.94. The maximum atomic E-state index is 12.6. The van der Waals surface area contributed by atoms with Gasteiger partial charge in [-0.1, -0.05) is 5.16 Å². The lowest BCUT2D eigenvalue weighted by Gasteiger charge is -2.10. The number of carbonyl (C=O) groups is 1. The Morgan fingerprint density at radius 1 is 1.20 bits per heavy atom. The normalized spacial score (nSPS) is 12.4. The van der Waals surface area contributed by atoms with Gasteiger partial charge in [0.2, 0.25) is 17.6 Å². The van der Waals surface area contributed by atoms with Gasteiger partial charge >= 0.3 is 12.3 Å². The maximum absolute atomic E-state index is 12.6. The largest absolute Gasteiger partial charge is 0.443 e. The predicted molar refractivity (Wildman–Crippen MR) is 94.3 cm³/mol. The number of primary amides is 1. The van der Waals surface area contributed by atoms with Crippen molar-refractivity contribution in [3.05, 3.63) is 54.0 Å². The number of hydrogen-bond acceptors (Lipinski definition) is 8. The van der Waals surface area contributed by atoms with Crippen LogP contribution in [0.3, 0.4) is 0 Å². The van der Waals surface area contributed by atoms with Gasteiger partial charge in [0.25, 0.3) is 0 Å². The Kier molecular flexibility index (Phi) is 6.16. The van der Waals surface area contributed by atoms with Gasteiger partial charge in [0, 0.05) is 17.8 Å². The van der Waals surface area contributed by atoms with Crippen LogP contribution < -0.4 is 10.5 Å². The molecule has 2 heterocycles. The fourth-order valence-corrected chi connectivity index (χ4v) is 2.36. The van der Waals surface area contributed by atoms with Crippen LogP contribution in [0.15, 0.2) is 47.1 Å². The molecule has 30 heavy (non-hydrogen) atoms. The number of nitrogens with two attached hydrogens (primary N) is 1. The van der Waals surface area contributed by atoms with Gasteiger partial charge in [0.05, 0.1) is 18.6 Å². The van der Waals surface area contributed by atoms with E-state index in [1.54, 1.807) is 24.3 Å². The Hall–Kier alpha value is -3.67. The molecule has 0 saturated carbocycles. The molecule has 12 heteroatoms. The van der Waals surface area contributed by atoms with E-state index in [9.17, 15) is 18.0 Å². The van der Waals surface area contributed by atoms with Crippen molar-refractivity contribution in [3.8, 4) is 23.0 Å². The van der Waals surface area contributed by atoms with Crippen molar-refractivity contribution >= 4 is 6.09 Å². The number of carbonyl (C=O) groups excluding carboxylic acids is 1. The number of aromatic nitrogens is 3. The van der Waals surface area contributed by atoms with E-state index >= 15 is 0 Å². The van der Waals surface area contributed by atoms with Crippen LogP contribution in [0.4, 0.5) is 18.0 Å². The molecule has 3 N–H and O–H groups in total. The molecular formula is C18H15F3N4O5. The highest BCUT2D eigenvalue weighted by Crippen LogP contribution is 2.30. The van der Waals surface area contributed by atoms with Crippen molar-refractivity contribution in [3.63, 3.8) is 0 Å². The average Bonchev–Trinajstić information content (AvgIpc) is 3.16. The van der Waals surface area contributed by atoms with E-state index in [-0.39, 0.29) is 24.0 Å². The number of halogens is 3. The van der Waals surface area contributed by atoms with Crippen LogP contribution in [0, 0.1) is 0 Å². The topological polar surface area (TPSA) is 134 Å². The summed E-state index contributed by atoms with van der Waals surface area (Å²) in [5.41, 5.74) is 4.60. The molecule has 3 rings (SSSR count). The van der Waals surface area contributed by atoms with Crippen molar-refractivity contribution in [2.24, 2.45) is 5.73 Å². The van der Waals surface area contributed by atoms with Crippen LogP contribution in [0.1, 0.15) is 11.5 Å². The van der Waals surface area contributed by atoms with Crippen LogP contribution in [0.2, 0.25) is 0 Å². The van der Waals surface area contributed by atoms with Crippen molar-refractivity contribution in [1.29, 1.82) is 0 Å². The number of hydrogen-bond donors (Lipinski definition) is 2. The lowest BCUT2D eigenvalue weighted by atomic mass is 10.2. The zero-order valence-electron chi connectivity index (χ0n) is 15.2. The fraction of sp³-hybridized carbons (Fsp3) is 0.222. The maximum Gasteiger partial charge on any atom is 0.417 e. The number of pyridine rings is 1. The molecule has 1 unspecified atom stereocenters. The highest BCUT2D eigenvalue weighted by Gasteiger charge is 2.30. The molecule has 0 bridgehead atoms. The standard InChI is InChI=1S/C18H15F3N4O5/c19-18(20,21)11-3-6-14(23-8-11)28-12-4-1-10(2-5-12)16-24-15(30-25-16)7-13(9-26)29-17(22)27/h1-6,8,13,26H,7,9H2,(H2,22,27). The Morgan fingerprint density at radius 3 is 2.50 bits per heavy atom. The lowest BCUT2D eigenvalue weighted by molar-refractivity contribution is -0.137. The summed E-state index contributed by atoms with van der Waals surface area (Å²) in [6, 6.07) is 8.32. The van der Waals surface area contributed by atoms with Crippen LogP contribution >= 0.6 is 0 Å². The van der Waals surface area contributed by atoms with Crippen LogP contribution in [0.5, 0.6) is 11.6 Å². The third kappa shape index (κ3) is 5.44. The third-order valence-electron chi connectivity index (χ3n) is 3.76. The number of alkyl halides is 3. The minimum Gasteiger partial charge on any atom is -0.443 e. The van der Waals surface area contributed by atoms with Gasteiger partial charge in [-0.15, -0.1) is 0 Å². The summed E-state index contributed by atoms with van der Waals surface area (Å²) < 4.78 is 52.8. The Balaban J connectivity index is 1.64. The minimum atomic E-state index is -4.47. The molecule has 0 spiro atoms. The smallest absolute Gasteiger partial charge is 0.417 e. The first-order chi connectivity index (χ1) is 14.2. The molecule has 2 aromatic heterocycles. The minimum absolute atomic E-state index is 0.00194. The van der Waals surface area contributed by atoms with Gasteiger partial charge in [-0.25, -0.2) is 9.78 Å². The first-order valence-electron chi connectivity index (χ1n) is 8.45. The second-order valence-corrected chi connectivity index (χ2v) is 5.97. The summed E-state index contributed by atoms with van der Waals surface area (Å²) in [4.78, 5) is 18.5. The number of aliphatic hydroxyl groups is 1. The molecule has 9 nitrogen and oxygen atoms in total. The van der Waals surface area contributed by atoms with Gasteiger partial charge in [-0.05, 0) is 30.3 Å². The van der Waals surface area contributed by atoms with Gasteiger partial charge in [0.15, 0.2) is 0 Å². The number of rotatable bonds is 7. The van der Waals surface area contributed by atoms with Crippen LogP contribution in [0.25, 0.3) is 11.4 Å². The molecule has 1 amide bonds. The van der Waals surface area contributed by atoms with Gasteiger partial charge in [0.1, 0.15) is 11.9 Å². The zero-order chi connectivity index (χ0) is 21.7. The zero-order valence-corrected chi connectivity index (χ0v) is 15.2. The van der Waals surface area contributed by atoms with Gasteiger partial charge in [-0.3, -0.25) is 0 Å². The van der Waals surface area contributed by atoms with E-state index in [4.69, 9.17) is 24.8 Å². The molecule has 0 aliphatic rings. The molecule has 1 aromatic carbocycles. The Labute approximate surface area is 167 Å². The average molecular weight is 424 g/mol. The third-order valence-corrected chi connectivity index (χ3v) is 3.76. The fourth-order valence-electron chi connectivity index (χ4n) is 2.36. The van der Waals surface area contributed by atoms with E-state index in [0.29, 0.717) is 17.5 Å². The molecule has 0 radical (unpaired) electrons. The summed E-state index contributed by atoms with van der Waals surface area (Å²) in [5.74, 6) is 0.701. The van der Waals surface area contributed by atoms with E-state index in [1.807, 2.05) is 0 Å². The number of aliphatic hydroxyl groups excluding tert-OH is 1. The Bertz CT molecular complexity index is 990.